The van der Waals surface area contributed by atoms with Gasteiger partial charge in [-0.15, -0.1) is 0 Å². The zero-order chi connectivity index (χ0) is 13.0. The lowest BCUT2D eigenvalue weighted by atomic mass is 9.86. The summed E-state index contributed by atoms with van der Waals surface area (Å²) in [4.78, 5) is 19.4. The van der Waals surface area contributed by atoms with Crippen LogP contribution in [-0.4, -0.2) is 29.0 Å². The highest BCUT2D eigenvalue weighted by Crippen LogP contribution is 2.25. The number of rotatable bonds is 4. The van der Waals surface area contributed by atoms with Gasteiger partial charge in [0.25, 0.3) is 0 Å². The van der Waals surface area contributed by atoms with E-state index in [0.29, 0.717) is 17.7 Å². The van der Waals surface area contributed by atoms with Crippen LogP contribution in [0.25, 0.3) is 0 Å². The van der Waals surface area contributed by atoms with Crippen LogP contribution in [0.3, 0.4) is 0 Å². The summed E-state index contributed by atoms with van der Waals surface area (Å²) in [7, 11) is 1.58. The molecule has 18 heavy (non-hydrogen) atoms. The van der Waals surface area contributed by atoms with Gasteiger partial charge in [-0.1, -0.05) is 0 Å². The fourth-order valence-corrected chi connectivity index (χ4v) is 2.20. The lowest BCUT2D eigenvalue weighted by Gasteiger charge is -2.27. The van der Waals surface area contributed by atoms with Crippen LogP contribution in [-0.2, 0) is 4.79 Å². The maximum absolute atomic E-state index is 11.1. The van der Waals surface area contributed by atoms with Gasteiger partial charge < -0.3 is 15.8 Å². The van der Waals surface area contributed by atoms with Crippen LogP contribution in [0.4, 0.5) is 5.95 Å². The molecule has 1 aromatic heterocycles. The van der Waals surface area contributed by atoms with Crippen LogP contribution in [0.5, 0.6) is 5.75 Å². The van der Waals surface area contributed by atoms with Gasteiger partial charge in [-0.05, 0) is 25.7 Å². The standard InChI is InChI=1S/C12H18N4O2/c1-18-10-6-14-12(15-7-10)16-9-4-2-8(3-5-9)11(13)17/h6-9H,2-5H2,1H3,(H2,13,17)(H,14,15,16). The molecule has 0 atom stereocenters. The lowest BCUT2D eigenvalue weighted by Crippen LogP contribution is -2.32. The van der Waals surface area contributed by atoms with Crippen molar-refractivity contribution in [2.75, 3.05) is 12.4 Å². The summed E-state index contributed by atoms with van der Waals surface area (Å²) in [5, 5.41) is 3.26. The highest BCUT2D eigenvalue weighted by Gasteiger charge is 2.24. The largest absolute Gasteiger partial charge is 0.494 e. The summed E-state index contributed by atoms with van der Waals surface area (Å²) in [5.41, 5.74) is 5.30. The molecule has 0 spiro atoms. The van der Waals surface area contributed by atoms with E-state index in [1.54, 1.807) is 19.5 Å². The molecule has 1 aliphatic carbocycles. The van der Waals surface area contributed by atoms with Crippen molar-refractivity contribution in [3.8, 4) is 5.75 Å². The Balaban J connectivity index is 1.85. The predicted molar refractivity (Wildman–Crippen MR) is 67.1 cm³/mol. The van der Waals surface area contributed by atoms with Gasteiger partial charge in [-0.3, -0.25) is 4.79 Å². The van der Waals surface area contributed by atoms with E-state index < -0.39 is 0 Å². The van der Waals surface area contributed by atoms with E-state index in [-0.39, 0.29) is 11.8 Å². The number of methoxy groups -OCH3 is 1. The van der Waals surface area contributed by atoms with Crippen molar-refractivity contribution >= 4 is 11.9 Å². The number of primary amides is 1. The molecule has 1 fully saturated rings. The predicted octanol–water partition coefficient (Wildman–Crippen LogP) is 0.941. The quantitative estimate of drug-likeness (QED) is 0.830. The average Bonchev–Trinajstić information content (AvgIpc) is 2.40. The summed E-state index contributed by atoms with van der Waals surface area (Å²) >= 11 is 0. The van der Waals surface area contributed by atoms with Crippen LogP contribution in [0.1, 0.15) is 25.7 Å². The molecule has 1 heterocycles. The molecule has 1 aromatic rings. The molecular formula is C12H18N4O2. The maximum Gasteiger partial charge on any atom is 0.223 e. The second-order valence-corrected chi connectivity index (χ2v) is 4.54. The summed E-state index contributed by atoms with van der Waals surface area (Å²) in [6, 6.07) is 0.314. The third kappa shape index (κ3) is 3.09. The van der Waals surface area contributed by atoms with E-state index in [9.17, 15) is 4.79 Å². The Kier molecular flexibility index (Phi) is 3.96. The van der Waals surface area contributed by atoms with Gasteiger partial charge in [0.05, 0.1) is 19.5 Å². The molecule has 2 rings (SSSR count). The van der Waals surface area contributed by atoms with Crippen molar-refractivity contribution < 1.29 is 9.53 Å². The monoisotopic (exact) mass is 250 g/mol. The minimum Gasteiger partial charge on any atom is -0.494 e. The van der Waals surface area contributed by atoms with Gasteiger partial charge in [-0.2, -0.15) is 0 Å². The number of carbonyl (C=O) groups excluding carboxylic acids is 1. The molecule has 3 N–H and O–H groups in total. The molecule has 6 heteroatoms. The Morgan fingerprint density at radius 3 is 2.44 bits per heavy atom. The highest BCUT2D eigenvalue weighted by molar-refractivity contribution is 5.76. The van der Waals surface area contributed by atoms with Gasteiger partial charge in [-0.25, -0.2) is 9.97 Å². The summed E-state index contributed by atoms with van der Waals surface area (Å²) < 4.78 is 5.00. The first-order chi connectivity index (χ1) is 8.69. The van der Waals surface area contributed by atoms with Crippen molar-refractivity contribution in [3.05, 3.63) is 12.4 Å². The highest BCUT2D eigenvalue weighted by atomic mass is 16.5. The number of nitrogens with one attached hydrogen (secondary N) is 1. The molecule has 1 aliphatic rings. The summed E-state index contributed by atoms with van der Waals surface area (Å²) in [6.07, 6.45) is 6.77. The van der Waals surface area contributed by atoms with E-state index in [0.717, 1.165) is 25.7 Å². The number of aromatic nitrogens is 2. The number of nitrogens with two attached hydrogens (primary N) is 1. The minimum absolute atomic E-state index is 0.0276. The number of anilines is 1. The number of nitrogens with zero attached hydrogens (tertiary/aromatic N) is 2. The van der Waals surface area contributed by atoms with Gasteiger partial charge in [0.15, 0.2) is 5.75 Å². The Hall–Kier alpha value is -1.85. The fraction of sp³-hybridized carbons (Fsp3) is 0.583. The molecular weight excluding hydrogens is 232 g/mol. The average molecular weight is 250 g/mol. The van der Waals surface area contributed by atoms with E-state index in [4.69, 9.17) is 10.5 Å². The first-order valence-corrected chi connectivity index (χ1v) is 6.11. The smallest absolute Gasteiger partial charge is 0.223 e. The fourth-order valence-electron chi connectivity index (χ4n) is 2.20. The molecule has 6 nitrogen and oxygen atoms in total. The minimum atomic E-state index is -0.186. The van der Waals surface area contributed by atoms with Gasteiger partial charge in [0.1, 0.15) is 0 Å². The van der Waals surface area contributed by atoms with Crippen LogP contribution < -0.4 is 15.8 Å². The maximum atomic E-state index is 11.1. The van der Waals surface area contributed by atoms with Crippen molar-refractivity contribution in [1.29, 1.82) is 0 Å². The first kappa shape index (κ1) is 12.6. The Labute approximate surface area is 106 Å². The van der Waals surface area contributed by atoms with E-state index in [2.05, 4.69) is 15.3 Å². The number of amides is 1. The zero-order valence-corrected chi connectivity index (χ0v) is 10.4. The summed E-state index contributed by atoms with van der Waals surface area (Å²) in [5.74, 6) is 1.07. The van der Waals surface area contributed by atoms with Crippen LogP contribution in [0.15, 0.2) is 12.4 Å². The van der Waals surface area contributed by atoms with Gasteiger partial charge in [0, 0.05) is 12.0 Å². The van der Waals surface area contributed by atoms with Crippen molar-refractivity contribution in [2.24, 2.45) is 11.7 Å². The zero-order valence-electron chi connectivity index (χ0n) is 10.4. The Morgan fingerprint density at radius 2 is 1.94 bits per heavy atom. The SMILES string of the molecule is COc1cnc(NC2CCC(C(N)=O)CC2)nc1. The van der Waals surface area contributed by atoms with Crippen molar-refractivity contribution in [3.63, 3.8) is 0 Å². The number of ether oxygens (including phenoxy) is 1. The van der Waals surface area contributed by atoms with Crippen LogP contribution in [0, 0.1) is 5.92 Å². The second kappa shape index (κ2) is 5.66. The van der Waals surface area contributed by atoms with Crippen LogP contribution in [0.2, 0.25) is 0 Å². The lowest BCUT2D eigenvalue weighted by molar-refractivity contribution is -0.122. The van der Waals surface area contributed by atoms with Crippen molar-refractivity contribution in [2.45, 2.75) is 31.7 Å². The number of hydrogen-bond donors (Lipinski definition) is 2. The van der Waals surface area contributed by atoms with Crippen LogP contribution >= 0.6 is 0 Å². The molecule has 98 valence electrons. The first-order valence-electron chi connectivity index (χ1n) is 6.11. The van der Waals surface area contributed by atoms with Gasteiger partial charge in [0.2, 0.25) is 11.9 Å². The third-order valence-corrected chi connectivity index (χ3v) is 3.33. The molecule has 0 bridgehead atoms. The Bertz CT molecular complexity index is 399. The molecule has 0 aliphatic heterocycles. The van der Waals surface area contributed by atoms with Crippen molar-refractivity contribution in [1.82, 2.24) is 9.97 Å². The molecule has 0 unspecified atom stereocenters. The normalized spacial score (nSPS) is 23.4. The molecule has 0 saturated heterocycles. The summed E-state index contributed by atoms with van der Waals surface area (Å²) in [6.45, 7) is 0. The topological polar surface area (TPSA) is 90.1 Å². The molecule has 0 aromatic carbocycles. The number of carbonyl (C=O) groups is 1. The third-order valence-electron chi connectivity index (χ3n) is 3.33. The van der Waals surface area contributed by atoms with E-state index >= 15 is 0 Å². The molecule has 1 amide bonds. The molecule has 1 saturated carbocycles. The van der Waals surface area contributed by atoms with E-state index in [1.165, 1.54) is 0 Å². The Morgan fingerprint density at radius 1 is 1.33 bits per heavy atom. The number of hydrogen-bond acceptors (Lipinski definition) is 5. The van der Waals surface area contributed by atoms with E-state index in [1.807, 2.05) is 0 Å². The van der Waals surface area contributed by atoms with Gasteiger partial charge >= 0.3 is 0 Å². The molecule has 0 radical (unpaired) electrons. The second-order valence-electron chi connectivity index (χ2n) is 4.54.